The van der Waals surface area contributed by atoms with Gasteiger partial charge in [-0.15, -0.1) is 11.8 Å². The molecular weight excluding hydrogens is 270 g/mol. The van der Waals surface area contributed by atoms with Gasteiger partial charge in [-0.25, -0.2) is 0 Å². The topological polar surface area (TPSA) is 61.9 Å². The Morgan fingerprint density at radius 3 is 2.80 bits per heavy atom. The van der Waals surface area contributed by atoms with Crippen LogP contribution in [0.5, 0.6) is 0 Å². The zero-order chi connectivity index (χ0) is 13.9. The summed E-state index contributed by atoms with van der Waals surface area (Å²) in [6, 6.07) is 8.72. The normalized spacial score (nSPS) is 24.8. The van der Waals surface area contributed by atoms with Gasteiger partial charge in [-0.2, -0.15) is 0 Å². The van der Waals surface area contributed by atoms with Gasteiger partial charge >= 0.3 is 0 Å². The summed E-state index contributed by atoms with van der Waals surface area (Å²) in [6.07, 6.45) is 3.18. The minimum absolute atomic E-state index is 0.254. The predicted molar refractivity (Wildman–Crippen MR) is 82.4 cm³/mol. The molecule has 1 saturated heterocycles. The summed E-state index contributed by atoms with van der Waals surface area (Å²) in [5.74, 6) is 0.650. The third-order valence-electron chi connectivity index (χ3n) is 4.30. The molecule has 2 heterocycles. The molecule has 0 aliphatic carbocycles. The second-order valence-corrected chi connectivity index (χ2v) is 6.99. The number of nitrogens with two attached hydrogens (primary N) is 1. The number of likely N-dealkylation sites (tertiary alicyclic amines) is 1. The van der Waals surface area contributed by atoms with Crippen LogP contribution in [0, 0.1) is 5.92 Å². The van der Waals surface area contributed by atoms with Crippen LogP contribution in [0.3, 0.4) is 0 Å². The first kappa shape index (κ1) is 13.8. The Balaban J connectivity index is 1.50. The lowest BCUT2D eigenvalue weighted by molar-refractivity contribution is 0.207. The van der Waals surface area contributed by atoms with Crippen molar-refractivity contribution in [3.8, 4) is 0 Å². The van der Waals surface area contributed by atoms with Crippen LogP contribution in [-0.2, 0) is 6.42 Å². The Kier molecular flexibility index (Phi) is 4.17. The van der Waals surface area contributed by atoms with Gasteiger partial charge in [0.1, 0.15) is 5.84 Å². The molecule has 2 aliphatic heterocycles. The maximum absolute atomic E-state index is 8.73. The lowest BCUT2D eigenvalue weighted by Gasteiger charge is -2.32. The van der Waals surface area contributed by atoms with E-state index >= 15 is 0 Å². The zero-order valence-corrected chi connectivity index (χ0v) is 12.4. The van der Waals surface area contributed by atoms with Crippen molar-refractivity contribution in [2.75, 3.05) is 19.6 Å². The molecule has 2 aliphatic rings. The molecule has 1 aromatic rings. The Morgan fingerprint density at radius 2 is 2.10 bits per heavy atom. The van der Waals surface area contributed by atoms with Crippen LogP contribution in [0.4, 0.5) is 0 Å². The molecule has 0 radical (unpaired) electrons. The van der Waals surface area contributed by atoms with Crippen molar-refractivity contribution >= 4 is 17.6 Å². The van der Waals surface area contributed by atoms with E-state index in [0.29, 0.717) is 11.1 Å². The van der Waals surface area contributed by atoms with Crippen LogP contribution in [0.2, 0.25) is 0 Å². The molecule has 1 atom stereocenters. The van der Waals surface area contributed by atoms with Crippen molar-refractivity contribution in [3.05, 3.63) is 29.8 Å². The molecule has 108 valence electrons. The second-order valence-electron chi connectivity index (χ2n) is 5.65. The van der Waals surface area contributed by atoms with E-state index < -0.39 is 0 Å². The largest absolute Gasteiger partial charge is 0.409 e. The molecule has 20 heavy (non-hydrogen) atoms. The summed E-state index contributed by atoms with van der Waals surface area (Å²) in [6.45, 7) is 3.24. The van der Waals surface area contributed by atoms with Crippen LogP contribution < -0.4 is 5.73 Å². The van der Waals surface area contributed by atoms with E-state index in [1.807, 2.05) is 11.8 Å². The van der Waals surface area contributed by atoms with Gasteiger partial charge < -0.3 is 15.8 Å². The Morgan fingerprint density at radius 1 is 1.35 bits per heavy atom. The van der Waals surface area contributed by atoms with Crippen molar-refractivity contribution < 1.29 is 5.21 Å². The molecule has 3 rings (SSSR count). The number of hydrogen-bond acceptors (Lipinski definition) is 4. The van der Waals surface area contributed by atoms with Crippen molar-refractivity contribution in [3.63, 3.8) is 0 Å². The number of fused-ring (bicyclic) bond motifs is 1. The molecule has 1 unspecified atom stereocenters. The highest BCUT2D eigenvalue weighted by Crippen LogP contribution is 2.37. The number of thioether (sulfide) groups is 1. The average Bonchev–Trinajstić information content (AvgIpc) is 2.89. The first-order valence-electron chi connectivity index (χ1n) is 7.20. The van der Waals surface area contributed by atoms with Crippen molar-refractivity contribution in [1.82, 2.24) is 4.90 Å². The van der Waals surface area contributed by atoms with Crippen LogP contribution in [0.25, 0.3) is 0 Å². The van der Waals surface area contributed by atoms with Crippen LogP contribution in [-0.4, -0.2) is 40.8 Å². The number of rotatable bonds is 3. The summed E-state index contributed by atoms with van der Waals surface area (Å²) in [7, 11) is 0. The summed E-state index contributed by atoms with van der Waals surface area (Å²) in [4.78, 5) is 3.97. The lowest BCUT2D eigenvalue weighted by atomic mass is 9.95. The quantitative estimate of drug-likeness (QED) is 0.388. The number of piperidine rings is 1. The molecule has 0 amide bonds. The van der Waals surface area contributed by atoms with Crippen molar-refractivity contribution in [2.24, 2.45) is 16.8 Å². The maximum atomic E-state index is 8.73. The van der Waals surface area contributed by atoms with E-state index in [4.69, 9.17) is 10.9 Å². The Hall–Kier alpha value is -1.20. The second kappa shape index (κ2) is 6.06. The fourth-order valence-electron chi connectivity index (χ4n) is 3.14. The highest BCUT2D eigenvalue weighted by molar-refractivity contribution is 8.00. The van der Waals surface area contributed by atoms with Gasteiger partial charge in [0.05, 0.1) is 0 Å². The summed E-state index contributed by atoms with van der Waals surface area (Å²) in [5.41, 5.74) is 7.19. The van der Waals surface area contributed by atoms with Crippen LogP contribution >= 0.6 is 11.8 Å². The van der Waals surface area contributed by atoms with Crippen LogP contribution in [0.15, 0.2) is 34.3 Å². The molecule has 1 aromatic carbocycles. The molecule has 5 heteroatoms. The van der Waals surface area contributed by atoms with E-state index in [-0.39, 0.29) is 5.92 Å². The van der Waals surface area contributed by atoms with E-state index in [1.54, 1.807) is 0 Å². The van der Waals surface area contributed by atoms with E-state index in [1.165, 1.54) is 16.9 Å². The molecule has 4 nitrogen and oxygen atoms in total. The summed E-state index contributed by atoms with van der Waals surface area (Å²) < 4.78 is 0. The van der Waals surface area contributed by atoms with Crippen molar-refractivity contribution in [1.29, 1.82) is 0 Å². The summed E-state index contributed by atoms with van der Waals surface area (Å²) >= 11 is 2.01. The van der Waals surface area contributed by atoms with Gasteiger partial charge in [0.2, 0.25) is 0 Å². The number of oxime groups is 1. The monoisotopic (exact) mass is 291 g/mol. The van der Waals surface area contributed by atoms with Gasteiger partial charge in [-0.05, 0) is 44.0 Å². The molecule has 0 spiro atoms. The Labute approximate surface area is 124 Å². The molecular formula is C15H21N3OS. The molecule has 0 aromatic heterocycles. The minimum atomic E-state index is 0.254. The standard InChI is InChI=1S/C15H21N3OS/c16-15(17-19)11-5-7-18(8-6-11)10-13-9-12-3-1-2-4-14(12)20-13/h1-4,11,13,19H,5-10H2,(H2,16,17). The van der Waals surface area contributed by atoms with E-state index in [0.717, 1.165) is 32.5 Å². The number of hydrogen-bond donors (Lipinski definition) is 2. The summed E-state index contributed by atoms with van der Waals surface area (Å²) in [5, 5.41) is 12.5. The zero-order valence-electron chi connectivity index (χ0n) is 11.5. The minimum Gasteiger partial charge on any atom is -0.409 e. The highest BCUT2D eigenvalue weighted by Gasteiger charge is 2.27. The first-order chi connectivity index (χ1) is 9.76. The number of amidine groups is 1. The van der Waals surface area contributed by atoms with E-state index in [9.17, 15) is 0 Å². The first-order valence-corrected chi connectivity index (χ1v) is 8.08. The molecule has 1 fully saturated rings. The Bertz CT molecular complexity index is 473. The predicted octanol–water partition coefficient (Wildman–Crippen LogP) is 2.16. The number of benzene rings is 1. The van der Waals surface area contributed by atoms with Gasteiger partial charge in [-0.3, -0.25) is 0 Å². The van der Waals surface area contributed by atoms with Gasteiger partial charge in [0.15, 0.2) is 0 Å². The lowest BCUT2D eigenvalue weighted by Crippen LogP contribution is -2.41. The molecule has 0 saturated carbocycles. The SMILES string of the molecule is NC(=NO)C1CCN(CC2Cc3ccccc3S2)CC1. The number of nitrogens with zero attached hydrogens (tertiary/aromatic N) is 2. The fourth-order valence-corrected chi connectivity index (χ4v) is 4.50. The smallest absolute Gasteiger partial charge is 0.142 e. The van der Waals surface area contributed by atoms with Gasteiger partial charge in [0, 0.05) is 22.6 Å². The molecule has 3 N–H and O–H groups in total. The molecule has 0 bridgehead atoms. The van der Waals surface area contributed by atoms with Crippen molar-refractivity contribution in [2.45, 2.75) is 29.4 Å². The van der Waals surface area contributed by atoms with Crippen LogP contribution in [0.1, 0.15) is 18.4 Å². The highest BCUT2D eigenvalue weighted by atomic mass is 32.2. The van der Waals surface area contributed by atoms with E-state index in [2.05, 4.69) is 34.3 Å². The average molecular weight is 291 g/mol. The maximum Gasteiger partial charge on any atom is 0.142 e. The third kappa shape index (κ3) is 2.94. The fraction of sp³-hybridized carbons (Fsp3) is 0.533. The third-order valence-corrected chi connectivity index (χ3v) is 5.60. The van der Waals surface area contributed by atoms with Gasteiger partial charge in [0.25, 0.3) is 0 Å². The van der Waals surface area contributed by atoms with Gasteiger partial charge in [-0.1, -0.05) is 23.4 Å².